The first-order chi connectivity index (χ1) is 9.67. The Bertz CT molecular complexity index is 662. The van der Waals surface area contributed by atoms with E-state index in [0.29, 0.717) is 21.3 Å². The van der Waals surface area contributed by atoms with E-state index >= 15 is 0 Å². The van der Waals surface area contributed by atoms with Gasteiger partial charge in [0.1, 0.15) is 11.7 Å². The molecular weight excluding hydrogens is 318 g/mol. The molecule has 3 nitrogen and oxygen atoms in total. The molecule has 0 aliphatic carbocycles. The molecule has 0 bridgehead atoms. The fraction of sp³-hybridized carbons (Fsp3) is 0.125. The van der Waals surface area contributed by atoms with Crippen LogP contribution in [0, 0.1) is 11.3 Å². The van der Waals surface area contributed by atoms with E-state index in [9.17, 15) is 10.1 Å². The SMILES string of the molecule is COc1ccc(Br)c(C(=O)C(C#N)c2ccccc2)c1. The molecular formula is C16H12BrNO2. The highest BCUT2D eigenvalue weighted by molar-refractivity contribution is 9.10. The molecule has 0 saturated heterocycles. The quantitative estimate of drug-likeness (QED) is 0.798. The van der Waals surface area contributed by atoms with Gasteiger partial charge in [-0.05, 0) is 23.8 Å². The lowest BCUT2D eigenvalue weighted by molar-refractivity contribution is 0.0978. The van der Waals surface area contributed by atoms with Crippen molar-refractivity contribution in [2.45, 2.75) is 5.92 Å². The molecule has 0 saturated carbocycles. The highest BCUT2D eigenvalue weighted by Crippen LogP contribution is 2.28. The van der Waals surface area contributed by atoms with Crippen LogP contribution in [0.3, 0.4) is 0 Å². The second-order valence-corrected chi connectivity index (χ2v) is 5.04. The first kappa shape index (κ1) is 14.3. The van der Waals surface area contributed by atoms with Crippen LogP contribution in [-0.2, 0) is 0 Å². The smallest absolute Gasteiger partial charge is 0.185 e. The molecule has 0 N–H and O–H groups in total. The number of nitriles is 1. The van der Waals surface area contributed by atoms with E-state index in [1.807, 2.05) is 18.2 Å². The van der Waals surface area contributed by atoms with Crippen molar-refractivity contribution in [1.29, 1.82) is 5.26 Å². The van der Waals surface area contributed by atoms with Gasteiger partial charge in [-0.25, -0.2) is 0 Å². The molecule has 0 heterocycles. The van der Waals surface area contributed by atoms with Crippen LogP contribution < -0.4 is 4.74 Å². The Hall–Kier alpha value is -2.12. The van der Waals surface area contributed by atoms with E-state index in [-0.39, 0.29) is 5.78 Å². The van der Waals surface area contributed by atoms with Crippen LogP contribution in [0.15, 0.2) is 53.0 Å². The van der Waals surface area contributed by atoms with Gasteiger partial charge in [-0.1, -0.05) is 46.3 Å². The number of carbonyl (C=O) groups excluding carboxylic acids is 1. The van der Waals surface area contributed by atoms with Crippen molar-refractivity contribution in [3.8, 4) is 11.8 Å². The number of ether oxygens (including phenoxy) is 1. The molecule has 0 fully saturated rings. The molecule has 0 aromatic heterocycles. The van der Waals surface area contributed by atoms with E-state index in [1.54, 1.807) is 30.3 Å². The fourth-order valence-electron chi connectivity index (χ4n) is 1.91. The first-order valence-electron chi connectivity index (χ1n) is 5.99. The average Bonchev–Trinajstić information content (AvgIpc) is 2.49. The summed E-state index contributed by atoms with van der Waals surface area (Å²) >= 11 is 3.34. The van der Waals surface area contributed by atoms with Gasteiger partial charge >= 0.3 is 0 Å². The molecule has 20 heavy (non-hydrogen) atoms. The van der Waals surface area contributed by atoms with E-state index in [4.69, 9.17) is 4.74 Å². The third kappa shape index (κ3) is 2.89. The summed E-state index contributed by atoms with van der Waals surface area (Å²) in [6.07, 6.45) is 0. The van der Waals surface area contributed by atoms with Crippen molar-refractivity contribution in [3.63, 3.8) is 0 Å². The molecule has 0 amide bonds. The van der Waals surface area contributed by atoms with Gasteiger partial charge in [0.2, 0.25) is 0 Å². The second-order valence-electron chi connectivity index (χ2n) is 4.18. The zero-order valence-corrected chi connectivity index (χ0v) is 12.4. The number of Topliss-reactive ketones (excluding diaryl/α,β-unsaturated/α-hetero) is 1. The maximum atomic E-state index is 12.6. The number of carbonyl (C=O) groups is 1. The van der Waals surface area contributed by atoms with E-state index in [1.165, 1.54) is 7.11 Å². The maximum absolute atomic E-state index is 12.6. The molecule has 0 aliphatic heterocycles. The summed E-state index contributed by atoms with van der Waals surface area (Å²) in [5.41, 5.74) is 1.13. The number of methoxy groups -OCH3 is 1. The maximum Gasteiger partial charge on any atom is 0.185 e. The van der Waals surface area contributed by atoms with Gasteiger partial charge in [-0.15, -0.1) is 0 Å². The highest BCUT2D eigenvalue weighted by atomic mass is 79.9. The van der Waals surface area contributed by atoms with Crippen molar-refractivity contribution >= 4 is 21.7 Å². The normalized spacial score (nSPS) is 11.4. The van der Waals surface area contributed by atoms with Crippen molar-refractivity contribution in [3.05, 3.63) is 64.1 Å². The number of ketones is 1. The molecule has 1 atom stereocenters. The highest BCUT2D eigenvalue weighted by Gasteiger charge is 2.23. The summed E-state index contributed by atoms with van der Waals surface area (Å²) in [5.74, 6) is -0.481. The Morgan fingerprint density at radius 1 is 1.25 bits per heavy atom. The lowest BCUT2D eigenvalue weighted by Gasteiger charge is -2.11. The minimum absolute atomic E-state index is 0.246. The van der Waals surface area contributed by atoms with E-state index in [0.717, 1.165) is 0 Å². The zero-order valence-electron chi connectivity index (χ0n) is 10.8. The van der Waals surface area contributed by atoms with E-state index in [2.05, 4.69) is 22.0 Å². The molecule has 100 valence electrons. The largest absolute Gasteiger partial charge is 0.497 e. The Labute approximate surface area is 125 Å². The van der Waals surface area contributed by atoms with Gasteiger partial charge in [0.25, 0.3) is 0 Å². The van der Waals surface area contributed by atoms with Crippen LogP contribution in [0.25, 0.3) is 0 Å². The average molecular weight is 330 g/mol. The third-order valence-corrected chi connectivity index (χ3v) is 3.65. The van der Waals surface area contributed by atoms with Crippen LogP contribution in [0.5, 0.6) is 5.75 Å². The van der Waals surface area contributed by atoms with Crippen LogP contribution in [0.4, 0.5) is 0 Å². The Balaban J connectivity index is 2.42. The standard InChI is InChI=1S/C16H12BrNO2/c1-20-12-7-8-15(17)13(9-12)16(19)14(10-18)11-5-3-2-4-6-11/h2-9,14H,1H3. The fourth-order valence-corrected chi connectivity index (χ4v) is 2.35. The Morgan fingerprint density at radius 3 is 2.55 bits per heavy atom. The second kappa shape index (κ2) is 6.36. The lowest BCUT2D eigenvalue weighted by Crippen LogP contribution is -2.12. The lowest BCUT2D eigenvalue weighted by atomic mass is 9.92. The van der Waals surface area contributed by atoms with Gasteiger partial charge in [-0.3, -0.25) is 4.79 Å². The number of benzene rings is 2. The molecule has 4 heteroatoms. The molecule has 2 rings (SSSR count). The van der Waals surface area contributed by atoms with Gasteiger partial charge < -0.3 is 4.74 Å². The monoisotopic (exact) mass is 329 g/mol. The number of hydrogen-bond acceptors (Lipinski definition) is 3. The van der Waals surface area contributed by atoms with Gasteiger partial charge in [-0.2, -0.15) is 5.26 Å². The molecule has 2 aromatic carbocycles. The number of hydrogen-bond donors (Lipinski definition) is 0. The summed E-state index contributed by atoms with van der Waals surface area (Å²) < 4.78 is 5.78. The summed E-state index contributed by atoms with van der Waals surface area (Å²) in [6, 6.07) is 16.2. The van der Waals surface area contributed by atoms with Crippen molar-refractivity contribution < 1.29 is 9.53 Å². The predicted octanol–water partition coefficient (Wildman–Crippen LogP) is 3.95. The van der Waals surface area contributed by atoms with Gasteiger partial charge in [0.15, 0.2) is 5.78 Å². The zero-order chi connectivity index (χ0) is 14.5. The molecule has 2 aromatic rings. The van der Waals surface area contributed by atoms with Gasteiger partial charge in [0, 0.05) is 10.0 Å². The number of rotatable bonds is 4. The molecule has 1 unspecified atom stereocenters. The molecule has 0 radical (unpaired) electrons. The van der Waals surface area contributed by atoms with Crippen molar-refractivity contribution in [1.82, 2.24) is 0 Å². The van der Waals surface area contributed by atoms with Crippen molar-refractivity contribution in [2.24, 2.45) is 0 Å². The van der Waals surface area contributed by atoms with Crippen LogP contribution >= 0.6 is 15.9 Å². The Kier molecular flexibility index (Phi) is 4.54. The summed E-state index contributed by atoms with van der Waals surface area (Å²) in [4.78, 5) is 12.6. The predicted molar refractivity (Wildman–Crippen MR) is 79.8 cm³/mol. The third-order valence-electron chi connectivity index (χ3n) is 2.96. The summed E-state index contributed by atoms with van der Waals surface area (Å²) in [7, 11) is 1.54. The molecule has 0 spiro atoms. The first-order valence-corrected chi connectivity index (χ1v) is 6.79. The summed E-state index contributed by atoms with van der Waals surface area (Å²) in [5, 5.41) is 9.31. The van der Waals surface area contributed by atoms with Gasteiger partial charge in [0.05, 0.1) is 13.2 Å². The number of nitrogens with zero attached hydrogens (tertiary/aromatic N) is 1. The number of halogens is 1. The van der Waals surface area contributed by atoms with Crippen molar-refractivity contribution in [2.75, 3.05) is 7.11 Å². The minimum Gasteiger partial charge on any atom is -0.497 e. The minimum atomic E-state index is -0.820. The van der Waals surface area contributed by atoms with E-state index < -0.39 is 5.92 Å². The Morgan fingerprint density at radius 2 is 1.95 bits per heavy atom. The topological polar surface area (TPSA) is 50.1 Å². The molecule has 0 aliphatic rings. The van der Waals surface area contributed by atoms with Crippen LogP contribution in [0.2, 0.25) is 0 Å². The summed E-state index contributed by atoms with van der Waals surface area (Å²) in [6.45, 7) is 0. The van der Waals surface area contributed by atoms with Crippen LogP contribution in [-0.4, -0.2) is 12.9 Å². The van der Waals surface area contributed by atoms with Crippen LogP contribution in [0.1, 0.15) is 21.8 Å².